The van der Waals surface area contributed by atoms with Crippen LogP contribution in [0.2, 0.25) is 0 Å². The van der Waals surface area contributed by atoms with Crippen molar-refractivity contribution in [2.75, 3.05) is 24.5 Å². The van der Waals surface area contributed by atoms with Crippen molar-refractivity contribution in [3.63, 3.8) is 0 Å². The normalized spacial score (nSPS) is 21.3. The van der Waals surface area contributed by atoms with Gasteiger partial charge in [0.1, 0.15) is 5.60 Å². The summed E-state index contributed by atoms with van der Waals surface area (Å²) in [5.74, 6) is 0.401. The molecule has 0 aromatic carbocycles. The zero-order valence-electron chi connectivity index (χ0n) is 12.7. The molecule has 0 bridgehead atoms. The summed E-state index contributed by atoms with van der Waals surface area (Å²) in [5, 5.41) is 0. The molecule has 0 aliphatic carbocycles. The number of hydrogen-bond acceptors (Lipinski definition) is 4. The lowest BCUT2D eigenvalue weighted by atomic mass is 10.1. The SMILES string of the molecule is CC(C)(C)OC(=O)N1CC2=CN(c3cccnc3)CC2C1. The van der Waals surface area contributed by atoms with Crippen LogP contribution in [0.1, 0.15) is 20.8 Å². The first-order valence-electron chi connectivity index (χ1n) is 7.27. The molecular weight excluding hydrogens is 266 g/mol. The largest absolute Gasteiger partial charge is 0.444 e. The van der Waals surface area contributed by atoms with Crippen molar-refractivity contribution >= 4 is 11.8 Å². The number of pyridine rings is 1. The molecule has 3 heterocycles. The summed E-state index contributed by atoms with van der Waals surface area (Å²) in [6.07, 6.45) is 5.57. The summed E-state index contributed by atoms with van der Waals surface area (Å²) in [6.45, 7) is 7.98. The van der Waals surface area contributed by atoms with Crippen LogP contribution in [0.3, 0.4) is 0 Å². The molecule has 0 N–H and O–H groups in total. The second kappa shape index (κ2) is 5.06. The number of anilines is 1. The van der Waals surface area contributed by atoms with Crippen LogP contribution in [0.4, 0.5) is 10.5 Å². The third kappa shape index (κ3) is 3.01. The van der Waals surface area contributed by atoms with E-state index in [-0.39, 0.29) is 6.09 Å². The van der Waals surface area contributed by atoms with E-state index in [9.17, 15) is 4.79 Å². The highest BCUT2D eigenvalue weighted by Crippen LogP contribution is 2.32. The zero-order valence-corrected chi connectivity index (χ0v) is 12.7. The molecule has 5 nitrogen and oxygen atoms in total. The molecule has 3 rings (SSSR count). The van der Waals surface area contributed by atoms with Crippen molar-refractivity contribution < 1.29 is 9.53 Å². The van der Waals surface area contributed by atoms with Crippen LogP contribution in [0.15, 0.2) is 36.3 Å². The van der Waals surface area contributed by atoms with Crippen LogP contribution < -0.4 is 4.90 Å². The number of nitrogens with zero attached hydrogens (tertiary/aromatic N) is 3. The Morgan fingerprint density at radius 2 is 2.19 bits per heavy atom. The molecule has 0 saturated carbocycles. The number of carbonyl (C=O) groups excluding carboxylic acids is 1. The monoisotopic (exact) mass is 287 g/mol. The number of fused-ring (bicyclic) bond motifs is 1. The molecular formula is C16H21N3O2. The Labute approximate surface area is 125 Å². The molecule has 0 radical (unpaired) electrons. The van der Waals surface area contributed by atoms with Crippen molar-refractivity contribution in [1.29, 1.82) is 0 Å². The Hall–Kier alpha value is -2.04. The maximum absolute atomic E-state index is 12.1. The van der Waals surface area contributed by atoms with Gasteiger partial charge in [0.15, 0.2) is 0 Å². The summed E-state index contributed by atoms with van der Waals surface area (Å²) in [7, 11) is 0. The van der Waals surface area contributed by atoms with Gasteiger partial charge in [0.05, 0.1) is 11.9 Å². The molecule has 1 amide bonds. The molecule has 1 aromatic heterocycles. The number of rotatable bonds is 1. The number of amides is 1. The lowest BCUT2D eigenvalue weighted by Gasteiger charge is -2.25. The van der Waals surface area contributed by atoms with Crippen LogP contribution in [0.25, 0.3) is 0 Å². The van der Waals surface area contributed by atoms with Crippen LogP contribution in [0.5, 0.6) is 0 Å². The maximum Gasteiger partial charge on any atom is 0.410 e. The Morgan fingerprint density at radius 1 is 1.38 bits per heavy atom. The Bertz CT molecular complexity index is 563. The van der Waals surface area contributed by atoms with Crippen molar-refractivity contribution in [2.45, 2.75) is 26.4 Å². The summed E-state index contributed by atoms with van der Waals surface area (Å²) in [6, 6.07) is 3.99. The zero-order chi connectivity index (χ0) is 15.0. The van der Waals surface area contributed by atoms with Gasteiger partial charge in [-0.05, 0) is 38.5 Å². The summed E-state index contributed by atoms with van der Waals surface area (Å²) >= 11 is 0. The summed E-state index contributed by atoms with van der Waals surface area (Å²) in [5.41, 5.74) is 1.96. The molecule has 1 aromatic rings. The number of aromatic nitrogens is 1. The fourth-order valence-electron chi connectivity index (χ4n) is 2.78. The van der Waals surface area contributed by atoms with Crippen LogP contribution in [0, 0.1) is 5.92 Å². The van der Waals surface area contributed by atoms with E-state index in [0.717, 1.165) is 18.8 Å². The van der Waals surface area contributed by atoms with Gasteiger partial charge in [0.2, 0.25) is 0 Å². The first-order valence-corrected chi connectivity index (χ1v) is 7.27. The predicted molar refractivity (Wildman–Crippen MR) is 81.0 cm³/mol. The van der Waals surface area contributed by atoms with Crippen LogP contribution in [-0.2, 0) is 4.74 Å². The maximum atomic E-state index is 12.1. The van der Waals surface area contributed by atoms with Gasteiger partial charge in [0, 0.05) is 37.9 Å². The van der Waals surface area contributed by atoms with E-state index in [2.05, 4.69) is 22.2 Å². The minimum Gasteiger partial charge on any atom is -0.444 e. The highest BCUT2D eigenvalue weighted by Gasteiger charge is 2.37. The van der Waals surface area contributed by atoms with E-state index < -0.39 is 5.60 Å². The fourth-order valence-corrected chi connectivity index (χ4v) is 2.78. The standard InChI is InChI=1S/C16H21N3O2/c1-16(2,3)21-15(20)19-10-12-8-18(9-13(12)11-19)14-5-4-6-17-7-14/h4-8,13H,9-11H2,1-3H3. The second-order valence-corrected chi connectivity index (χ2v) is 6.63. The smallest absolute Gasteiger partial charge is 0.410 e. The first-order chi connectivity index (χ1) is 9.92. The third-order valence-electron chi connectivity index (χ3n) is 3.71. The Morgan fingerprint density at radius 3 is 2.81 bits per heavy atom. The molecule has 2 aliphatic rings. The second-order valence-electron chi connectivity index (χ2n) is 6.63. The molecule has 1 saturated heterocycles. The van der Waals surface area contributed by atoms with Crippen molar-refractivity contribution in [3.8, 4) is 0 Å². The topological polar surface area (TPSA) is 45.7 Å². The molecule has 2 aliphatic heterocycles. The summed E-state index contributed by atoms with van der Waals surface area (Å²) < 4.78 is 5.43. The number of likely N-dealkylation sites (tertiary alicyclic amines) is 1. The van der Waals surface area contributed by atoms with Gasteiger partial charge in [-0.2, -0.15) is 0 Å². The highest BCUT2D eigenvalue weighted by atomic mass is 16.6. The number of carbonyl (C=O) groups is 1. The number of ether oxygens (including phenoxy) is 1. The minimum atomic E-state index is -0.440. The van der Waals surface area contributed by atoms with E-state index in [0.29, 0.717) is 12.5 Å². The third-order valence-corrected chi connectivity index (χ3v) is 3.71. The van der Waals surface area contributed by atoms with Gasteiger partial charge in [-0.3, -0.25) is 4.98 Å². The van der Waals surface area contributed by atoms with Gasteiger partial charge in [-0.25, -0.2) is 4.79 Å². The molecule has 1 fully saturated rings. The van der Waals surface area contributed by atoms with Crippen molar-refractivity contribution in [1.82, 2.24) is 9.88 Å². The lowest BCUT2D eigenvalue weighted by Crippen LogP contribution is -2.36. The van der Waals surface area contributed by atoms with Crippen LogP contribution >= 0.6 is 0 Å². The van der Waals surface area contributed by atoms with E-state index >= 15 is 0 Å². The lowest BCUT2D eigenvalue weighted by molar-refractivity contribution is 0.0291. The van der Waals surface area contributed by atoms with E-state index in [4.69, 9.17) is 4.74 Å². The Kier molecular flexibility index (Phi) is 3.35. The predicted octanol–water partition coefficient (Wildman–Crippen LogP) is 2.65. The van der Waals surface area contributed by atoms with Gasteiger partial charge >= 0.3 is 6.09 Å². The van der Waals surface area contributed by atoms with E-state index in [1.807, 2.05) is 33.0 Å². The average molecular weight is 287 g/mol. The van der Waals surface area contributed by atoms with Crippen molar-refractivity contribution in [3.05, 3.63) is 36.3 Å². The van der Waals surface area contributed by atoms with Gasteiger partial charge in [-0.1, -0.05) is 0 Å². The van der Waals surface area contributed by atoms with Crippen molar-refractivity contribution in [2.24, 2.45) is 5.92 Å². The summed E-state index contributed by atoms with van der Waals surface area (Å²) in [4.78, 5) is 20.2. The van der Waals surface area contributed by atoms with Crippen LogP contribution in [-0.4, -0.2) is 41.2 Å². The van der Waals surface area contributed by atoms with Gasteiger partial charge in [-0.15, -0.1) is 0 Å². The molecule has 1 unspecified atom stereocenters. The van der Waals surface area contributed by atoms with E-state index in [1.54, 1.807) is 11.1 Å². The van der Waals surface area contributed by atoms with Gasteiger partial charge in [0.25, 0.3) is 0 Å². The molecule has 112 valence electrons. The molecule has 5 heteroatoms. The first kappa shape index (κ1) is 13.9. The minimum absolute atomic E-state index is 0.217. The highest BCUT2D eigenvalue weighted by molar-refractivity contribution is 5.70. The molecule has 0 spiro atoms. The quantitative estimate of drug-likeness (QED) is 0.796. The number of hydrogen-bond donors (Lipinski definition) is 0. The molecule has 21 heavy (non-hydrogen) atoms. The average Bonchev–Trinajstić information content (AvgIpc) is 2.95. The fraction of sp³-hybridized carbons (Fsp3) is 0.500. The van der Waals surface area contributed by atoms with E-state index in [1.165, 1.54) is 5.57 Å². The van der Waals surface area contributed by atoms with Gasteiger partial charge < -0.3 is 14.5 Å². The Balaban J connectivity index is 1.66. The molecule has 1 atom stereocenters.